The molecule has 0 amide bonds. The number of carbonyl (C=O) groups excluding carboxylic acids is 2. The Hall–Kier alpha value is -0.660. The Morgan fingerprint density at radius 2 is 1.20 bits per heavy atom. The Morgan fingerprint density at radius 3 is 1.53 bits per heavy atom. The molecule has 84 valence electrons. The van der Waals surface area contributed by atoms with E-state index in [9.17, 15) is 9.59 Å². The molecule has 0 radical (unpaired) electrons. The van der Waals surface area contributed by atoms with Gasteiger partial charge in [-0.25, -0.2) is 0 Å². The number of Topliss-reactive ketones (excluding diaryl/α,β-unsaturated/α-hetero) is 2. The minimum absolute atomic E-state index is 0.131. The van der Waals surface area contributed by atoms with Gasteiger partial charge in [-0.15, -0.1) is 0 Å². The van der Waals surface area contributed by atoms with Crippen LogP contribution in [0.1, 0.15) is 47.0 Å². The molecule has 0 aromatic rings. The van der Waals surface area contributed by atoms with Crippen molar-refractivity contribution < 1.29 is 9.59 Å². The van der Waals surface area contributed by atoms with Crippen molar-refractivity contribution in [2.24, 2.45) is 22.7 Å². The molecular weight excluding hydrogens is 188 g/mol. The molecule has 2 saturated carbocycles. The molecule has 2 heteroatoms. The quantitative estimate of drug-likeness (QED) is 0.613. The second kappa shape index (κ2) is 2.93. The summed E-state index contributed by atoms with van der Waals surface area (Å²) < 4.78 is 0. The Kier molecular flexibility index (Phi) is 2.12. The number of ketones is 2. The lowest BCUT2D eigenvalue weighted by Gasteiger charge is -2.46. The lowest BCUT2D eigenvalue weighted by Crippen LogP contribution is -2.50. The molecule has 2 rings (SSSR count). The zero-order chi connectivity index (χ0) is 11.4. The van der Waals surface area contributed by atoms with E-state index in [1.54, 1.807) is 0 Å². The first-order valence-electron chi connectivity index (χ1n) is 5.83. The summed E-state index contributed by atoms with van der Waals surface area (Å²) in [6.07, 6.45) is 2.32. The van der Waals surface area contributed by atoms with Crippen LogP contribution < -0.4 is 0 Å². The van der Waals surface area contributed by atoms with E-state index in [-0.39, 0.29) is 22.7 Å². The van der Waals surface area contributed by atoms with Crippen molar-refractivity contribution >= 4 is 11.6 Å². The van der Waals surface area contributed by atoms with Crippen LogP contribution in [0.3, 0.4) is 0 Å². The van der Waals surface area contributed by atoms with Crippen molar-refractivity contribution in [1.29, 1.82) is 0 Å². The van der Waals surface area contributed by atoms with Gasteiger partial charge in [-0.2, -0.15) is 0 Å². The van der Waals surface area contributed by atoms with Gasteiger partial charge >= 0.3 is 0 Å². The van der Waals surface area contributed by atoms with Crippen LogP contribution >= 0.6 is 0 Å². The molecule has 0 aromatic heterocycles. The molecule has 0 aromatic carbocycles. The molecule has 2 fully saturated rings. The molecule has 2 bridgehead atoms. The van der Waals surface area contributed by atoms with Crippen molar-refractivity contribution in [2.75, 3.05) is 0 Å². The van der Waals surface area contributed by atoms with E-state index in [1.165, 1.54) is 0 Å². The second-order valence-corrected chi connectivity index (χ2v) is 6.53. The van der Waals surface area contributed by atoms with Gasteiger partial charge in [0.1, 0.15) is 11.6 Å². The van der Waals surface area contributed by atoms with E-state index >= 15 is 0 Å². The number of carbonyl (C=O) groups is 2. The molecule has 15 heavy (non-hydrogen) atoms. The first-order valence-corrected chi connectivity index (χ1v) is 5.83. The van der Waals surface area contributed by atoms with Gasteiger partial charge in [0.2, 0.25) is 0 Å². The summed E-state index contributed by atoms with van der Waals surface area (Å²) in [5, 5.41) is 0. The minimum atomic E-state index is -0.278. The lowest BCUT2D eigenvalue weighted by molar-refractivity contribution is -0.151. The molecule has 0 saturated heterocycles. The number of rotatable bonds is 0. The molecule has 2 atom stereocenters. The fourth-order valence-electron chi connectivity index (χ4n) is 3.45. The van der Waals surface area contributed by atoms with Gasteiger partial charge in [0.05, 0.1) is 0 Å². The average Bonchev–Trinajstić information content (AvgIpc) is 2.09. The van der Waals surface area contributed by atoms with E-state index in [4.69, 9.17) is 0 Å². The monoisotopic (exact) mass is 208 g/mol. The van der Waals surface area contributed by atoms with Crippen molar-refractivity contribution in [3.8, 4) is 0 Å². The third-order valence-corrected chi connectivity index (χ3v) is 4.16. The summed E-state index contributed by atoms with van der Waals surface area (Å²) >= 11 is 0. The molecule has 0 heterocycles. The standard InChI is InChI=1S/C13H20O2/c1-12(2)6-8-5-9(10(12)14)7-13(3,4)11(8)15/h8-9H,5-7H2,1-4H3/t8-,9?/m1/s1. The van der Waals surface area contributed by atoms with Crippen LogP contribution in [0.15, 0.2) is 0 Å². The van der Waals surface area contributed by atoms with Crippen molar-refractivity contribution in [3.63, 3.8) is 0 Å². The minimum Gasteiger partial charge on any atom is -0.299 e. The van der Waals surface area contributed by atoms with Gasteiger partial charge in [0.15, 0.2) is 0 Å². The topological polar surface area (TPSA) is 34.1 Å². The Bertz CT molecular complexity index is 293. The maximum absolute atomic E-state index is 12.1. The smallest absolute Gasteiger partial charge is 0.141 e. The first-order chi connectivity index (χ1) is 6.74. The number of hydrogen-bond donors (Lipinski definition) is 0. The summed E-state index contributed by atoms with van der Waals surface area (Å²) in [5.74, 6) is 1.01. The summed E-state index contributed by atoms with van der Waals surface area (Å²) in [7, 11) is 0. The highest BCUT2D eigenvalue weighted by molar-refractivity contribution is 5.95. The van der Waals surface area contributed by atoms with Crippen molar-refractivity contribution in [1.82, 2.24) is 0 Å². The van der Waals surface area contributed by atoms with Crippen LogP contribution in [0.2, 0.25) is 0 Å². The lowest BCUT2D eigenvalue weighted by atomic mass is 9.55. The van der Waals surface area contributed by atoms with Crippen LogP contribution in [0, 0.1) is 22.7 Å². The first kappa shape index (κ1) is 10.8. The number of hydrogen-bond acceptors (Lipinski definition) is 2. The summed E-state index contributed by atoms with van der Waals surface area (Å²) in [6.45, 7) is 7.94. The predicted molar refractivity (Wildman–Crippen MR) is 58.4 cm³/mol. The van der Waals surface area contributed by atoms with Crippen LogP contribution in [0.5, 0.6) is 0 Å². The summed E-state index contributed by atoms with van der Waals surface area (Å²) in [6, 6.07) is 0. The van der Waals surface area contributed by atoms with E-state index in [0.717, 1.165) is 19.3 Å². The maximum Gasteiger partial charge on any atom is 0.141 e. The van der Waals surface area contributed by atoms with Crippen molar-refractivity contribution in [2.45, 2.75) is 47.0 Å². The Morgan fingerprint density at radius 1 is 0.867 bits per heavy atom. The van der Waals surface area contributed by atoms with Crippen LogP contribution in [0.25, 0.3) is 0 Å². The van der Waals surface area contributed by atoms with E-state index in [0.29, 0.717) is 11.6 Å². The summed E-state index contributed by atoms with van der Waals surface area (Å²) in [5.41, 5.74) is -0.556. The van der Waals surface area contributed by atoms with Crippen LogP contribution in [-0.4, -0.2) is 11.6 Å². The van der Waals surface area contributed by atoms with Gasteiger partial charge < -0.3 is 0 Å². The van der Waals surface area contributed by atoms with Crippen molar-refractivity contribution in [3.05, 3.63) is 0 Å². The highest BCUT2D eigenvalue weighted by Crippen LogP contribution is 2.49. The summed E-state index contributed by atoms with van der Waals surface area (Å²) in [4.78, 5) is 24.3. The normalized spacial score (nSPS) is 37.9. The average molecular weight is 208 g/mol. The molecule has 2 aliphatic carbocycles. The Balaban J connectivity index is 2.34. The van der Waals surface area contributed by atoms with E-state index in [2.05, 4.69) is 0 Å². The second-order valence-electron chi connectivity index (χ2n) is 6.53. The largest absolute Gasteiger partial charge is 0.299 e. The fraction of sp³-hybridized carbons (Fsp3) is 0.846. The van der Waals surface area contributed by atoms with Gasteiger partial charge in [0.25, 0.3) is 0 Å². The molecule has 2 aliphatic rings. The zero-order valence-corrected chi connectivity index (χ0v) is 10.1. The SMILES string of the molecule is CC1(C)C[C@H]2CC(CC(C)(C)C2=O)C1=O. The van der Waals surface area contributed by atoms with Gasteiger partial charge in [-0.3, -0.25) is 9.59 Å². The predicted octanol–water partition coefficient (Wildman–Crippen LogP) is 2.61. The van der Waals surface area contributed by atoms with Gasteiger partial charge in [-0.1, -0.05) is 27.7 Å². The highest BCUT2D eigenvalue weighted by Gasteiger charge is 2.52. The molecule has 0 aliphatic heterocycles. The zero-order valence-electron chi connectivity index (χ0n) is 10.1. The maximum atomic E-state index is 12.1. The van der Waals surface area contributed by atoms with Crippen LogP contribution in [0.4, 0.5) is 0 Å². The van der Waals surface area contributed by atoms with E-state index in [1.807, 2.05) is 27.7 Å². The third kappa shape index (κ3) is 1.54. The highest BCUT2D eigenvalue weighted by atomic mass is 16.1. The molecule has 0 spiro atoms. The fourth-order valence-corrected chi connectivity index (χ4v) is 3.45. The number of fused-ring (bicyclic) bond motifs is 2. The molecular formula is C13H20O2. The Labute approximate surface area is 91.4 Å². The van der Waals surface area contributed by atoms with Crippen LogP contribution in [-0.2, 0) is 9.59 Å². The van der Waals surface area contributed by atoms with E-state index < -0.39 is 0 Å². The molecule has 0 N–H and O–H groups in total. The van der Waals surface area contributed by atoms with Gasteiger partial charge in [0, 0.05) is 22.7 Å². The molecule has 2 nitrogen and oxygen atoms in total. The third-order valence-electron chi connectivity index (χ3n) is 4.16. The van der Waals surface area contributed by atoms with Gasteiger partial charge in [-0.05, 0) is 19.3 Å². The molecule has 1 unspecified atom stereocenters.